The Hall–Kier alpha value is -2.90. The van der Waals surface area contributed by atoms with Gasteiger partial charge in [-0.25, -0.2) is 0 Å². The smallest absolute Gasteiger partial charge is 0.265 e. The van der Waals surface area contributed by atoms with Crippen LogP contribution in [0.5, 0.6) is 5.75 Å². The second kappa shape index (κ2) is 9.07. The van der Waals surface area contributed by atoms with Crippen LogP contribution in [0.1, 0.15) is 5.56 Å². The van der Waals surface area contributed by atoms with Gasteiger partial charge in [-0.1, -0.05) is 30.3 Å². The lowest BCUT2D eigenvalue weighted by Gasteiger charge is -2.33. The molecule has 0 radical (unpaired) electrons. The molecule has 1 N–H and O–H groups in total. The molecule has 0 saturated carbocycles. The molecule has 0 unspecified atom stereocenters. The minimum Gasteiger partial charge on any atom is -0.482 e. The van der Waals surface area contributed by atoms with Crippen LogP contribution in [0.3, 0.4) is 0 Å². The summed E-state index contributed by atoms with van der Waals surface area (Å²) in [6.07, 6.45) is 0.300. The fraction of sp³-hybridized carbons (Fsp3) is 0.364. The molecule has 152 valence electrons. The van der Waals surface area contributed by atoms with Crippen LogP contribution in [0, 0.1) is 0 Å². The van der Waals surface area contributed by atoms with E-state index >= 15 is 0 Å². The quantitative estimate of drug-likeness (QED) is 0.809. The predicted molar refractivity (Wildman–Crippen MR) is 110 cm³/mol. The highest BCUT2D eigenvalue weighted by atomic mass is 16.5. The molecular weight excluding hydrogens is 370 g/mol. The van der Waals surface area contributed by atoms with Crippen LogP contribution in [0.25, 0.3) is 0 Å². The van der Waals surface area contributed by atoms with Crippen molar-refractivity contribution in [2.24, 2.45) is 0 Å². The number of hydrogen-bond acceptors (Lipinski definition) is 5. The van der Waals surface area contributed by atoms with Crippen molar-refractivity contribution in [2.45, 2.75) is 6.42 Å². The maximum absolute atomic E-state index is 12.5. The van der Waals surface area contributed by atoms with E-state index in [4.69, 9.17) is 9.47 Å². The number of fused-ring (bicyclic) bond motifs is 1. The first kappa shape index (κ1) is 19.4. The van der Waals surface area contributed by atoms with Gasteiger partial charge in [-0.15, -0.1) is 0 Å². The third-order valence-electron chi connectivity index (χ3n) is 5.14. The highest BCUT2D eigenvalue weighted by Gasteiger charge is 2.26. The van der Waals surface area contributed by atoms with Gasteiger partial charge in [0, 0.05) is 31.9 Å². The Bertz CT molecular complexity index is 866. The normalized spacial score (nSPS) is 16.8. The Morgan fingerprint density at radius 3 is 2.62 bits per heavy atom. The lowest BCUT2D eigenvalue weighted by molar-refractivity contribution is -0.121. The zero-order valence-corrected chi connectivity index (χ0v) is 16.3. The first-order valence-corrected chi connectivity index (χ1v) is 9.90. The van der Waals surface area contributed by atoms with E-state index < -0.39 is 0 Å². The zero-order valence-electron chi connectivity index (χ0n) is 16.3. The molecule has 0 bridgehead atoms. The third-order valence-corrected chi connectivity index (χ3v) is 5.14. The Morgan fingerprint density at radius 2 is 1.83 bits per heavy atom. The number of nitrogens with one attached hydrogen (secondary N) is 1. The van der Waals surface area contributed by atoms with Gasteiger partial charge >= 0.3 is 0 Å². The fourth-order valence-electron chi connectivity index (χ4n) is 3.58. The van der Waals surface area contributed by atoms with Crippen LogP contribution >= 0.6 is 0 Å². The monoisotopic (exact) mass is 395 g/mol. The molecule has 2 heterocycles. The number of carbonyl (C=O) groups excluding carboxylic acids is 2. The number of amides is 2. The summed E-state index contributed by atoms with van der Waals surface area (Å²) >= 11 is 0. The summed E-state index contributed by atoms with van der Waals surface area (Å²) in [7, 11) is 0. The lowest BCUT2D eigenvalue weighted by Crippen LogP contribution is -2.45. The standard InChI is InChI=1S/C22H25N3O4/c26-21(14-17-4-2-1-3-5-17)23-18-6-7-20-19(15-18)25(22(27)16-29-20)9-8-24-10-12-28-13-11-24/h1-7,15H,8-14,16H2,(H,23,26). The van der Waals surface area contributed by atoms with Crippen molar-refractivity contribution in [2.75, 3.05) is 56.2 Å². The van der Waals surface area contributed by atoms with Crippen molar-refractivity contribution in [3.05, 3.63) is 54.1 Å². The molecule has 2 aromatic carbocycles. The maximum atomic E-state index is 12.5. The molecule has 1 fully saturated rings. The van der Waals surface area contributed by atoms with Gasteiger partial charge in [0.2, 0.25) is 5.91 Å². The van der Waals surface area contributed by atoms with Gasteiger partial charge in [-0.05, 0) is 23.8 Å². The molecule has 2 aromatic rings. The molecular formula is C22H25N3O4. The first-order chi connectivity index (χ1) is 14.2. The Morgan fingerprint density at radius 1 is 1.03 bits per heavy atom. The number of benzene rings is 2. The molecule has 1 saturated heterocycles. The average Bonchev–Trinajstić information content (AvgIpc) is 2.74. The van der Waals surface area contributed by atoms with Gasteiger partial charge in [0.25, 0.3) is 5.91 Å². The van der Waals surface area contributed by atoms with E-state index in [1.54, 1.807) is 11.0 Å². The summed E-state index contributed by atoms with van der Waals surface area (Å²) in [5, 5.41) is 2.92. The highest BCUT2D eigenvalue weighted by Crippen LogP contribution is 2.34. The number of anilines is 2. The van der Waals surface area contributed by atoms with E-state index in [-0.39, 0.29) is 18.4 Å². The lowest BCUT2D eigenvalue weighted by atomic mass is 10.1. The first-order valence-electron chi connectivity index (χ1n) is 9.90. The number of morpholine rings is 1. The molecule has 7 heteroatoms. The van der Waals surface area contributed by atoms with Crippen molar-refractivity contribution in [1.29, 1.82) is 0 Å². The van der Waals surface area contributed by atoms with Gasteiger partial charge in [0.1, 0.15) is 5.75 Å². The predicted octanol–water partition coefficient (Wildman–Crippen LogP) is 1.93. The highest BCUT2D eigenvalue weighted by molar-refractivity contribution is 5.99. The second-order valence-electron chi connectivity index (χ2n) is 7.18. The summed E-state index contributed by atoms with van der Waals surface area (Å²) in [5.41, 5.74) is 2.31. The molecule has 0 spiro atoms. The van der Waals surface area contributed by atoms with Gasteiger partial charge in [-0.2, -0.15) is 0 Å². The van der Waals surface area contributed by atoms with E-state index in [1.165, 1.54) is 0 Å². The molecule has 2 aliphatic rings. The van der Waals surface area contributed by atoms with E-state index in [0.29, 0.717) is 30.1 Å². The van der Waals surface area contributed by atoms with Crippen molar-refractivity contribution in [1.82, 2.24) is 4.90 Å². The number of nitrogens with zero attached hydrogens (tertiary/aromatic N) is 2. The van der Waals surface area contributed by atoms with Crippen LogP contribution in [0.2, 0.25) is 0 Å². The molecule has 0 aliphatic carbocycles. The van der Waals surface area contributed by atoms with Crippen molar-refractivity contribution in [3.63, 3.8) is 0 Å². The van der Waals surface area contributed by atoms with Crippen LogP contribution in [0.15, 0.2) is 48.5 Å². The summed E-state index contributed by atoms with van der Waals surface area (Å²) in [4.78, 5) is 28.9. The third kappa shape index (κ3) is 4.93. The van der Waals surface area contributed by atoms with Gasteiger partial charge in [-0.3, -0.25) is 14.5 Å². The Labute approximate surface area is 170 Å². The average molecular weight is 395 g/mol. The number of carbonyl (C=O) groups is 2. The van der Waals surface area contributed by atoms with Gasteiger partial charge < -0.3 is 19.7 Å². The molecule has 2 amide bonds. The van der Waals surface area contributed by atoms with Crippen LogP contribution in [-0.2, 0) is 20.7 Å². The molecule has 7 nitrogen and oxygen atoms in total. The van der Waals surface area contributed by atoms with Crippen LogP contribution in [-0.4, -0.2) is 62.7 Å². The summed E-state index contributed by atoms with van der Waals surface area (Å²) in [5.74, 6) is 0.491. The fourth-order valence-corrected chi connectivity index (χ4v) is 3.58. The molecule has 0 atom stereocenters. The van der Waals surface area contributed by atoms with E-state index in [2.05, 4.69) is 10.2 Å². The molecule has 0 aromatic heterocycles. The van der Waals surface area contributed by atoms with Crippen LogP contribution < -0.4 is 15.0 Å². The summed E-state index contributed by atoms with van der Waals surface area (Å²) in [6.45, 7) is 4.60. The van der Waals surface area contributed by atoms with Crippen molar-refractivity contribution >= 4 is 23.2 Å². The molecule has 4 rings (SSSR count). The topological polar surface area (TPSA) is 71.1 Å². The van der Waals surface area contributed by atoms with Crippen molar-refractivity contribution in [3.8, 4) is 5.75 Å². The Balaban J connectivity index is 1.44. The SMILES string of the molecule is O=C(Cc1ccccc1)Nc1ccc2c(c1)N(CCN1CCOCC1)C(=O)CO2. The number of ether oxygens (including phenoxy) is 2. The minimum absolute atomic E-state index is 0.0375. The zero-order chi connectivity index (χ0) is 20.1. The van der Waals surface area contributed by atoms with Gasteiger partial charge in [0.15, 0.2) is 6.61 Å². The van der Waals surface area contributed by atoms with Crippen molar-refractivity contribution < 1.29 is 19.1 Å². The Kier molecular flexibility index (Phi) is 6.07. The van der Waals surface area contributed by atoms with E-state index in [1.807, 2.05) is 42.5 Å². The molecule has 2 aliphatic heterocycles. The number of rotatable bonds is 6. The molecule has 29 heavy (non-hydrogen) atoms. The number of hydrogen-bond donors (Lipinski definition) is 1. The minimum atomic E-state index is -0.0981. The summed E-state index contributed by atoms with van der Waals surface area (Å²) < 4.78 is 11.0. The van der Waals surface area contributed by atoms with Crippen LogP contribution in [0.4, 0.5) is 11.4 Å². The maximum Gasteiger partial charge on any atom is 0.265 e. The second-order valence-corrected chi connectivity index (χ2v) is 7.18. The van der Waals surface area contributed by atoms with Gasteiger partial charge in [0.05, 0.1) is 25.3 Å². The van der Waals surface area contributed by atoms with E-state index in [9.17, 15) is 9.59 Å². The van der Waals surface area contributed by atoms with E-state index in [0.717, 1.165) is 38.4 Å². The largest absolute Gasteiger partial charge is 0.482 e. The summed E-state index contributed by atoms with van der Waals surface area (Å²) in [6, 6.07) is 15.0.